The second-order valence-electron chi connectivity index (χ2n) is 6.47. The maximum absolute atomic E-state index is 12.3. The number of alkyl carbamates (subject to hydrolysis) is 1. The summed E-state index contributed by atoms with van der Waals surface area (Å²) < 4.78 is 11.4. The molecular weight excluding hydrogens is 314 g/mol. The molecule has 25 heavy (non-hydrogen) atoms. The summed E-state index contributed by atoms with van der Waals surface area (Å²) in [7, 11) is 1.65. The first-order valence-electron chi connectivity index (χ1n) is 8.59. The Labute approximate surface area is 150 Å². The highest BCUT2D eigenvalue weighted by molar-refractivity contribution is 5.67. The molecule has 2 rings (SSSR count). The van der Waals surface area contributed by atoms with Crippen LogP contribution < -0.4 is 5.32 Å². The Bertz CT molecular complexity index is 670. The molecule has 0 fully saturated rings. The van der Waals surface area contributed by atoms with Gasteiger partial charge in [-0.2, -0.15) is 0 Å². The van der Waals surface area contributed by atoms with E-state index in [0.29, 0.717) is 6.54 Å². The summed E-state index contributed by atoms with van der Waals surface area (Å²) in [6.07, 6.45) is -1.11. The Morgan fingerprint density at radius 2 is 1.68 bits per heavy atom. The van der Waals surface area contributed by atoms with Gasteiger partial charge in [-0.15, -0.1) is 0 Å². The van der Waals surface area contributed by atoms with Crippen molar-refractivity contribution in [2.45, 2.75) is 39.5 Å². The van der Waals surface area contributed by atoms with E-state index in [0.717, 1.165) is 16.7 Å². The number of benzene rings is 2. The Balaban J connectivity index is 2.06. The van der Waals surface area contributed by atoms with E-state index < -0.39 is 6.09 Å². The first kappa shape index (κ1) is 19.0. The summed E-state index contributed by atoms with van der Waals surface area (Å²) in [4.78, 5) is 12.3. The third-order valence-electron chi connectivity index (χ3n) is 4.23. The van der Waals surface area contributed by atoms with Crippen LogP contribution in [0.5, 0.6) is 0 Å². The van der Waals surface area contributed by atoms with E-state index in [1.807, 2.05) is 75.4 Å². The monoisotopic (exact) mass is 341 g/mol. The fraction of sp³-hybridized carbons (Fsp3) is 0.381. The summed E-state index contributed by atoms with van der Waals surface area (Å²) in [6, 6.07) is 17.8. The highest BCUT2D eigenvalue weighted by Gasteiger charge is 2.30. The molecule has 0 radical (unpaired) electrons. The zero-order chi connectivity index (χ0) is 18.2. The molecule has 1 N–H and O–H groups in total. The van der Waals surface area contributed by atoms with Crippen LogP contribution in [-0.4, -0.2) is 19.3 Å². The second-order valence-corrected chi connectivity index (χ2v) is 6.47. The van der Waals surface area contributed by atoms with Crippen molar-refractivity contribution in [1.82, 2.24) is 5.32 Å². The number of hydrogen-bond acceptors (Lipinski definition) is 3. The van der Waals surface area contributed by atoms with Crippen LogP contribution in [0, 0.1) is 12.8 Å². The number of carbonyl (C=O) groups is 1. The third-order valence-corrected chi connectivity index (χ3v) is 4.23. The SMILES string of the molecule is COC(c1ccccc1C)C(OC(=O)NCc1ccccc1)C(C)C. The average Bonchev–Trinajstić information content (AvgIpc) is 2.62. The lowest BCUT2D eigenvalue weighted by atomic mass is 9.93. The van der Waals surface area contributed by atoms with Gasteiger partial charge in [-0.25, -0.2) is 4.79 Å². The fourth-order valence-electron chi connectivity index (χ4n) is 2.83. The number of ether oxygens (including phenoxy) is 2. The van der Waals surface area contributed by atoms with E-state index in [-0.39, 0.29) is 18.1 Å². The van der Waals surface area contributed by atoms with Gasteiger partial charge in [0.1, 0.15) is 12.2 Å². The van der Waals surface area contributed by atoms with Gasteiger partial charge in [-0.05, 0) is 29.5 Å². The van der Waals surface area contributed by atoms with E-state index in [1.165, 1.54) is 0 Å². The van der Waals surface area contributed by atoms with Crippen LogP contribution >= 0.6 is 0 Å². The van der Waals surface area contributed by atoms with Crippen LogP contribution in [0.3, 0.4) is 0 Å². The zero-order valence-corrected chi connectivity index (χ0v) is 15.4. The molecule has 0 aliphatic heterocycles. The number of rotatable bonds is 7. The zero-order valence-electron chi connectivity index (χ0n) is 15.4. The highest BCUT2D eigenvalue weighted by Crippen LogP contribution is 2.30. The van der Waals surface area contributed by atoms with Gasteiger partial charge in [0.15, 0.2) is 0 Å². The molecule has 0 bridgehead atoms. The van der Waals surface area contributed by atoms with Crippen molar-refractivity contribution in [1.29, 1.82) is 0 Å². The topological polar surface area (TPSA) is 47.6 Å². The van der Waals surface area contributed by atoms with E-state index in [9.17, 15) is 4.79 Å². The molecule has 1 amide bonds. The molecule has 0 aromatic heterocycles. The standard InChI is InChI=1S/C21H27NO3/c1-15(2)19(20(24-4)18-13-9-8-10-16(18)3)25-21(23)22-14-17-11-6-5-7-12-17/h5-13,15,19-20H,14H2,1-4H3,(H,22,23). The maximum atomic E-state index is 12.3. The van der Waals surface area contributed by atoms with Crippen LogP contribution in [0.4, 0.5) is 4.79 Å². The minimum Gasteiger partial charge on any atom is -0.443 e. The lowest BCUT2D eigenvalue weighted by Gasteiger charge is -2.30. The second kappa shape index (κ2) is 9.23. The van der Waals surface area contributed by atoms with Crippen molar-refractivity contribution in [2.24, 2.45) is 5.92 Å². The molecule has 2 atom stereocenters. The van der Waals surface area contributed by atoms with Crippen LogP contribution in [0.25, 0.3) is 0 Å². The first-order valence-corrected chi connectivity index (χ1v) is 8.59. The van der Waals surface area contributed by atoms with Gasteiger partial charge in [0.05, 0.1) is 0 Å². The molecule has 0 aliphatic rings. The summed E-state index contributed by atoms with van der Waals surface area (Å²) >= 11 is 0. The average molecular weight is 341 g/mol. The van der Waals surface area contributed by atoms with Gasteiger partial charge >= 0.3 is 6.09 Å². The normalized spacial score (nSPS) is 13.3. The predicted molar refractivity (Wildman–Crippen MR) is 99.3 cm³/mol. The molecular formula is C21H27NO3. The lowest BCUT2D eigenvalue weighted by molar-refractivity contribution is -0.0453. The summed E-state index contributed by atoms with van der Waals surface area (Å²) in [6.45, 7) is 6.53. The Hall–Kier alpha value is -2.33. The van der Waals surface area contributed by atoms with E-state index >= 15 is 0 Å². The summed E-state index contributed by atoms with van der Waals surface area (Å²) in [5.74, 6) is 0.118. The fourth-order valence-corrected chi connectivity index (χ4v) is 2.83. The lowest BCUT2D eigenvalue weighted by Crippen LogP contribution is -2.36. The van der Waals surface area contributed by atoms with Gasteiger partial charge in [-0.1, -0.05) is 68.4 Å². The van der Waals surface area contributed by atoms with Crippen molar-refractivity contribution in [3.05, 3.63) is 71.3 Å². The molecule has 0 saturated carbocycles. The Morgan fingerprint density at radius 1 is 1.04 bits per heavy atom. The highest BCUT2D eigenvalue weighted by atomic mass is 16.6. The van der Waals surface area contributed by atoms with E-state index in [1.54, 1.807) is 7.11 Å². The van der Waals surface area contributed by atoms with Crippen LogP contribution in [-0.2, 0) is 16.0 Å². The number of amides is 1. The third kappa shape index (κ3) is 5.33. The molecule has 134 valence electrons. The van der Waals surface area contributed by atoms with Gasteiger partial charge in [-0.3, -0.25) is 0 Å². The number of carbonyl (C=O) groups excluding carboxylic acids is 1. The van der Waals surface area contributed by atoms with Crippen LogP contribution in [0.2, 0.25) is 0 Å². The Morgan fingerprint density at radius 3 is 2.28 bits per heavy atom. The predicted octanol–water partition coefficient (Wildman–Crippen LogP) is 4.63. The minimum absolute atomic E-state index is 0.118. The van der Waals surface area contributed by atoms with Crippen molar-refractivity contribution in [3.8, 4) is 0 Å². The van der Waals surface area contributed by atoms with Crippen molar-refractivity contribution >= 4 is 6.09 Å². The van der Waals surface area contributed by atoms with E-state index in [4.69, 9.17) is 9.47 Å². The quantitative estimate of drug-likeness (QED) is 0.798. The van der Waals surface area contributed by atoms with Crippen LogP contribution in [0.1, 0.15) is 36.6 Å². The van der Waals surface area contributed by atoms with Crippen molar-refractivity contribution in [3.63, 3.8) is 0 Å². The van der Waals surface area contributed by atoms with Gasteiger partial charge in [0.25, 0.3) is 0 Å². The molecule has 0 aliphatic carbocycles. The number of aryl methyl sites for hydroxylation is 1. The molecule has 2 aromatic carbocycles. The summed E-state index contributed by atoms with van der Waals surface area (Å²) in [5, 5.41) is 2.81. The largest absolute Gasteiger partial charge is 0.443 e. The molecule has 2 aromatic rings. The van der Waals surface area contributed by atoms with Crippen LogP contribution in [0.15, 0.2) is 54.6 Å². The molecule has 0 spiro atoms. The Kier molecular flexibility index (Phi) is 7.02. The molecule has 4 nitrogen and oxygen atoms in total. The minimum atomic E-state index is -0.432. The van der Waals surface area contributed by atoms with Gasteiger partial charge in [0, 0.05) is 13.7 Å². The van der Waals surface area contributed by atoms with Crippen molar-refractivity contribution < 1.29 is 14.3 Å². The smallest absolute Gasteiger partial charge is 0.407 e. The molecule has 0 heterocycles. The maximum Gasteiger partial charge on any atom is 0.407 e. The van der Waals surface area contributed by atoms with E-state index in [2.05, 4.69) is 5.32 Å². The summed E-state index contributed by atoms with van der Waals surface area (Å²) in [5.41, 5.74) is 3.19. The molecule has 4 heteroatoms. The van der Waals surface area contributed by atoms with Gasteiger partial charge in [0.2, 0.25) is 0 Å². The van der Waals surface area contributed by atoms with Crippen molar-refractivity contribution in [2.75, 3.05) is 7.11 Å². The number of nitrogens with one attached hydrogen (secondary N) is 1. The number of methoxy groups -OCH3 is 1. The van der Waals surface area contributed by atoms with Gasteiger partial charge < -0.3 is 14.8 Å². The molecule has 2 unspecified atom stereocenters. The number of hydrogen-bond donors (Lipinski definition) is 1. The first-order chi connectivity index (χ1) is 12.0. The molecule has 0 saturated heterocycles.